The van der Waals surface area contributed by atoms with Gasteiger partial charge in [-0.05, 0) is 28.8 Å². The van der Waals surface area contributed by atoms with Crippen molar-refractivity contribution in [2.45, 2.75) is 12.5 Å². The van der Waals surface area contributed by atoms with E-state index in [0.29, 0.717) is 0 Å². The van der Waals surface area contributed by atoms with E-state index in [1.54, 1.807) is 0 Å². The number of anilines is 1. The van der Waals surface area contributed by atoms with Crippen LogP contribution < -0.4 is 4.90 Å². The number of benzene rings is 3. The van der Waals surface area contributed by atoms with Crippen molar-refractivity contribution < 1.29 is 0 Å². The van der Waals surface area contributed by atoms with Gasteiger partial charge in [-0.3, -0.25) is 4.90 Å². The second-order valence-corrected chi connectivity index (χ2v) is 9.21. The van der Waals surface area contributed by atoms with Crippen LogP contribution in [0, 0.1) is 0 Å². The summed E-state index contributed by atoms with van der Waals surface area (Å²) in [5.74, 6) is 0.876. The van der Waals surface area contributed by atoms with E-state index in [0.717, 1.165) is 48.6 Å². The summed E-state index contributed by atoms with van der Waals surface area (Å²) < 4.78 is 4.60. The van der Waals surface area contributed by atoms with Gasteiger partial charge in [0.15, 0.2) is 0 Å². The van der Waals surface area contributed by atoms with Crippen LogP contribution in [0.5, 0.6) is 0 Å². The predicted octanol–water partition coefficient (Wildman–Crippen LogP) is 5.69. The lowest BCUT2D eigenvalue weighted by Crippen LogP contribution is -2.48. The van der Waals surface area contributed by atoms with Crippen LogP contribution in [0.3, 0.4) is 0 Å². The molecule has 1 aliphatic heterocycles. The van der Waals surface area contributed by atoms with Crippen molar-refractivity contribution in [3.8, 4) is 0 Å². The standard InChI is InChI=1S/C26H25ClN4S/c27-23-13-11-20(12-14-23)19-24-28-26(32-29-24)31-17-15-30(16-18-31)25(21-7-3-1-4-8-21)22-9-5-2-6-10-22/h1-14,25H,15-19H2. The molecule has 0 bridgehead atoms. The topological polar surface area (TPSA) is 32.3 Å². The number of halogens is 1. The molecule has 0 N–H and O–H groups in total. The third kappa shape index (κ3) is 4.85. The molecule has 1 aromatic heterocycles. The number of nitrogens with zero attached hydrogens (tertiary/aromatic N) is 4. The zero-order chi connectivity index (χ0) is 21.8. The summed E-state index contributed by atoms with van der Waals surface area (Å²) >= 11 is 7.49. The van der Waals surface area contributed by atoms with E-state index in [1.165, 1.54) is 28.2 Å². The van der Waals surface area contributed by atoms with Crippen LogP contribution in [0.15, 0.2) is 84.9 Å². The smallest absolute Gasteiger partial charge is 0.205 e. The average molecular weight is 461 g/mol. The molecule has 2 heterocycles. The van der Waals surface area contributed by atoms with Crippen molar-refractivity contribution >= 4 is 28.3 Å². The van der Waals surface area contributed by atoms with Crippen LogP contribution in [-0.2, 0) is 6.42 Å². The summed E-state index contributed by atoms with van der Waals surface area (Å²) in [6.07, 6.45) is 0.734. The first-order chi connectivity index (χ1) is 15.8. The second kappa shape index (κ2) is 9.82. The Morgan fingerprint density at radius 2 is 1.38 bits per heavy atom. The number of aromatic nitrogens is 2. The van der Waals surface area contributed by atoms with Crippen LogP contribution in [0.25, 0.3) is 0 Å². The Kier molecular flexibility index (Phi) is 6.49. The van der Waals surface area contributed by atoms with Crippen LogP contribution in [0.2, 0.25) is 5.02 Å². The average Bonchev–Trinajstić information content (AvgIpc) is 3.31. The molecule has 0 amide bonds. The van der Waals surface area contributed by atoms with Crippen molar-refractivity contribution in [3.05, 3.63) is 112 Å². The molecule has 1 fully saturated rings. The van der Waals surface area contributed by atoms with Crippen LogP contribution in [0.4, 0.5) is 5.13 Å². The minimum atomic E-state index is 0.273. The maximum atomic E-state index is 5.99. The normalized spacial score (nSPS) is 14.8. The van der Waals surface area contributed by atoms with Gasteiger partial charge in [0.1, 0.15) is 5.82 Å². The predicted molar refractivity (Wildman–Crippen MR) is 133 cm³/mol. The summed E-state index contributed by atoms with van der Waals surface area (Å²) in [6.45, 7) is 3.87. The Hall–Kier alpha value is -2.73. The summed E-state index contributed by atoms with van der Waals surface area (Å²) in [7, 11) is 0. The first kappa shape index (κ1) is 21.1. The van der Waals surface area contributed by atoms with E-state index in [-0.39, 0.29) is 6.04 Å². The molecule has 0 radical (unpaired) electrons. The molecule has 3 aromatic carbocycles. The Balaban J connectivity index is 1.27. The van der Waals surface area contributed by atoms with Gasteiger partial charge in [0.25, 0.3) is 0 Å². The highest BCUT2D eigenvalue weighted by Crippen LogP contribution is 2.30. The van der Waals surface area contributed by atoms with E-state index in [1.807, 2.05) is 24.3 Å². The Bertz CT molecular complexity index is 1080. The number of piperazine rings is 1. The van der Waals surface area contributed by atoms with Crippen molar-refractivity contribution in [2.24, 2.45) is 0 Å². The molecule has 1 aliphatic rings. The van der Waals surface area contributed by atoms with Gasteiger partial charge >= 0.3 is 0 Å². The van der Waals surface area contributed by atoms with E-state index in [9.17, 15) is 0 Å². The van der Waals surface area contributed by atoms with Gasteiger partial charge in [-0.1, -0.05) is 84.4 Å². The van der Waals surface area contributed by atoms with Gasteiger partial charge in [0, 0.05) is 49.2 Å². The minimum absolute atomic E-state index is 0.273. The zero-order valence-corrected chi connectivity index (χ0v) is 19.3. The fourth-order valence-corrected chi connectivity index (χ4v) is 5.15. The molecule has 0 atom stereocenters. The van der Waals surface area contributed by atoms with Crippen LogP contribution >= 0.6 is 23.1 Å². The SMILES string of the molecule is Clc1ccc(Cc2nsc(N3CCN(C(c4ccccc4)c4ccccc4)CC3)n2)cc1. The summed E-state index contributed by atoms with van der Waals surface area (Å²) in [4.78, 5) is 9.77. The molecule has 4 aromatic rings. The van der Waals surface area contributed by atoms with Crippen molar-refractivity contribution in [1.82, 2.24) is 14.3 Å². The lowest BCUT2D eigenvalue weighted by atomic mass is 9.96. The lowest BCUT2D eigenvalue weighted by Gasteiger charge is -2.39. The molecular weight excluding hydrogens is 436 g/mol. The molecule has 1 saturated heterocycles. The largest absolute Gasteiger partial charge is 0.344 e. The van der Waals surface area contributed by atoms with Crippen molar-refractivity contribution in [1.29, 1.82) is 0 Å². The van der Waals surface area contributed by atoms with Crippen LogP contribution in [0.1, 0.15) is 28.6 Å². The zero-order valence-electron chi connectivity index (χ0n) is 17.8. The van der Waals surface area contributed by atoms with Gasteiger partial charge < -0.3 is 4.90 Å². The third-order valence-corrected chi connectivity index (χ3v) is 6.98. The third-order valence-electron chi connectivity index (χ3n) is 5.91. The van der Waals surface area contributed by atoms with E-state index < -0.39 is 0 Å². The molecule has 0 aliphatic carbocycles. The summed E-state index contributed by atoms with van der Waals surface area (Å²) in [6, 6.07) is 29.8. The molecule has 0 unspecified atom stereocenters. The van der Waals surface area contributed by atoms with Gasteiger partial charge in [0.05, 0.1) is 6.04 Å². The summed E-state index contributed by atoms with van der Waals surface area (Å²) in [5, 5.41) is 1.77. The van der Waals surface area contributed by atoms with E-state index >= 15 is 0 Å². The Morgan fingerprint density at radius 3 is 1.97 bits per heavy atom. The molecule has 0 spiro atoms. The highest BCUT2D eigenvalue weighted by atomic mass is 35.5. The number of hydrogen-bond acceptors (Lipinski definition) is 5. The lowest BCUT2D eigenvalue weighted by molar-refractivity contribution is 0.212. The Labute approximate surface area is 198 Å². The van der Waals surface area contributed by atoms with Gasteiger partial charge in [-0.15, -0.1) is 0 Å². The van der Waals surface area contributed by atoms with Gasteiger partial charge in [-0.2, -0.15) is 4.37 Å². The molecule has 32 heavy (non-hydrogen) atoms. The van der Waals surface area contributed by atoms with Gasteiger partial charge in [-0.25, -0.2) is 4.98 Å². The monoisotopic (exact) mass is 460 g/mol. The number of rotatable bonds is 6. The van der Waals surface area contributed by atoms with Crippen LogP contribution in [-0.4, -0.2) is 40.4 Å². The fourth-order valence-electron chi connectivity index (χ4n) is 4.29. The first-order valence-electron chi connectivity index (χ1n) is 10.9. The molecule has 5 rings (SSSR count). The second-order valence-electron chi connectivity index (χ2n) is 8.04. The molecule has 0 saturated carbocycles. The highest BCUT2D eigenvalue weighted by molar-refractivity contribution is 7.09. The maximum absolute atomic E-state index is 5.99. The maximum Gasteiger partial charge on any atom is 0.205 e. The fraction of sp³-hybridized carbons (Fsp3) is 0.231. The minimum Gasteiger partial charge on any atom is -0.344 e. The summed E-state index contributed by atoms with van der Waals surface area (Å²) in [5.41, 5.74) is 3.86. The highest BCUT2D eigenvalue weighted by Gasteiger charge is 2.27. The van der Waals surface area contributed by atoms with Crippen molar-refractivity contribution in [2.75, 3.05) is 31.1 Å². The Morgan fingerprint density at radius 1 is 0.781 bits per heavy atom. The molecule has 6 heteroatoms. The quantitative estimate of drug-likeness (QED) is 0.369. The molecule has 4 nitrogen and oxygen atoms in total. The van der Waals surface area contributed by atoms with Crippen molar-refractivity contribution in [3.63, 3.8) is 0 Å². The van der Waals surface area contributed by atoms with Gasteiger partial charge in [0.2, 0.25) is 5.13 Å². The van der Waals surface area contributed by atoms with E-state index in [4.69, 9.17) is 16.6 Å². The number of hydrogen-bond donors (Lipinski definition) is 0. The molecular formula is C26H25ClN4S. The first-order valence-corrected chi connectivity index (χ1v) is 12.1. The molecule has 162 valence electrons. The van der Waals surface area contributed by atoms with E-state index in [2.05, 4.69) is 74.8 Å².